The van der Waals surface area contributed by atoms with Gasteiger partial charge in [-0.15, -0.1) is 0 Å². The summed E-state index contributed by atoms with van der Waals surface area (Å²) in [6.07, 6.45) is 4.78. The van der Waals surface area contributed by atoms with E-state index in [4.69, 9.17) is 10.5 Å². The number of hydrogen-bond acceptors (Lipinski definition) is 2. The molecule has 3 nitrogen and oxygen atoms in total. The summed E-state index contributed by atoms with van der Waals surface area (Å²) >= 11 is 0. The van der Waals surface area contributed by atoms with Gasteiger partial charge in [0.2, 0.25) is 0 Å². The predicted octanol–water partition coefficient (Wildman–Crippen LogP) is 2.19. The fourth-order valence-corrected chi connectivity index (χ4v) is 1.88. The molecule has 0 bridgehead atoms. The molecule has 0 aliphatic rings. The molecule has 0 fully saturated rings. The third-order valence-corrected chi connectivity index (χ3v) is 2.86. The highest BCUT2D eigenvalue weighted by atomic mass is 19.1. The van der Waals surface area contributed by atoms with E-state index in [1.165, 1.54) is 18.7 Å². The van der Waals surface area contributed by atoms with Gasteiger partial charge in [-0.2, -0.15) is 0 Å². The standard InChI is InChI=1S/C14H17FN2O/c1-18-13-3-2-12(14(15)8-13)10-17-7-5-11(9-17)4-6-16/h2-3,5,7-9H,4,6,10,16H2,1H3. The summed E-state index contributed by atoms with van der Waals surface area (Å²) in [4.78, 5) is 0. The van der Waals surface area contributed by atoms with Gasteiger partial charge < -0.3 is 15.0 Å². The summed E-state index contributed by atoms with van der Waals surface area (Å²) in [6.45, 7) is 1.14. The van der Waals surface area contributed by atoms with E-state index in [1.54, 1.807) is 12.1 Å². The van der Waals surface area contributed by atoms with Gasteiger partial charge in [0.1, 0.15) is 11.6 Å². The largest absolute Gasteiger partial charge is 0.497 e. The third kappa shape index (κ3) is 2.90. The Morgan fingerprint density at radius 2 is 2.17 bits per heavy atom. The van der Waals surface area contributed by atoms with Gasteiger partial charge in [-0.3, -0.25) is 0 Å². The average Bonchev–Trinajstić information content (AvgIpc) is 2.80. The number of rotatable bonds is 5. The molecule has 2 aromatic rings. The number of aromatic nitrogens is 1. The lowest BCUT2D eigenvalue weighted by Gasteiger charge is -2.06. The van der Waals surface area contributed by atoms with Crippen molar-refractivity contribution in [2.45, 2.75) is 13.0 Å². The normalized spacial score (nSPS) is 10.6. The van der Waals surface area contributed by atoms with Crippen molar-refractivity contribution >= 4 is 0 Å². The summed E-state index contributed by atoms with van der Waals surface area (Å²) in [7, 11) is 1.53. The molecule has 0 radical (unpaired) electrons. The maximum Gasteiger partial charge on any atom is 0.131 e. The summed E-state index contributed by atoms with van der Waals surface area (Å²) in [5.74, 6) is 0.288. The quantitative estimate of drug-likeness (QED) is 0.881. The van der Waals surface area contributed by atoms with Crippen molar-refractivity contribution < 1.29 is 9.13 Å². The second-order valence-corrected chi connectivity index (χ2v) is 4.19. The van der Waals surface area contributed by atoms with Crippen LogP contribution in [-0.4, -0.2) is 18.2 Å². The second-order valence-electron chi connectivity index (χ2n) is 4.19. The van der Waals surface area contributed by atoms with Crippen LogP contribution in [-0.2, 0) is 13.0 Å². The first kappa shape index (κ1) is 12.6. The minimum absolute atomic E-state index is 0.247. The van der Waals surface area contributed by atoms with Crippen LogP contribution in [0.3, 0.4) is 0 Å². The number of hydrogen-bond donors (Lipinski definition) is 1. The molecule has 1 aromatic carbocycles. The van der Waals surface area contributed by atoms with Crippen molar-refractivity contribution in [3.63, 3.8) is 0 Å². The lowest BCUT2D eigenvalue weighted by molar-refractivity contribution is 0.410. The molecular formula is C14H17FN2O. The van der Waals surface area contributed by atoms with E-state index < -0.39 is 0 Å². The lowest BCUT2D eigenvalue weighted by atomic mass is 10.2. The van der Waals surface area contributed by atoms with Gasteiger partial charge in [-0.05, 0) is 30.7 Å². The lowest BCUT2D eigenvalue weighted by Crippen LogP contribution is -2.02. The molecule has 0 aliphatic carbocycles. The van der Waals surface area contributed by atoms with E-state index in [2.05, 4.69) is 0 Å². The van der Waals surface area contributed by atoms with E-state index in [0.29, 0.717) is 24.4 Å². The number of nitrogens with two attached hydrogens (primary N) is 1. The average molecular weight is 248 g/mol. The van der Waals surface area contributed by atoms with Crippen molar-refractivity contribution in [3.8, 4) is 5.75 Å². The Hall–Kier alpha value is -1.81. The van der Waals surface area contributed by atoms with Gasteiger partial charge in [-0.1, -0.05) is 6.07 Å². The topological polar surface area (TPSA) is 40.2 Å². The minimum Gasteiger partial charge on any atom is -0.497 e. The molecule has 0 unspecified atom stereocenters. The number of nitrogens with zero attached hydrogens (tertiary/aromatic N) is 1. The maximum absolute atomic E-state index is 13.8. The van der Waals surface area contributed by atoms with Crippen molar-refractivity contribution in [2.24, 2.45) is 5.73 Å². The molecule has 0 saturated carbocycles. The Morgan fingerprint density at radius 3 is 2.83 bits per heavy atom. The summed E-state index contributed by atoms with van der Waals surface area (Å²) in [5.41, 5.74) is 7.31. The van der Waals surface area contributed by atoms with E-state index in [-0.39, 0.29) is 5.82 Å². The summed E-state index contributed by atoms with van der Waals surface area (Å²) in [5, 5.41) is 0. The SMILES string of the molecule is COc1ccc(Cn2ccc(CCN)c2)c(F)c1. The fourth-order valence-electron chi connectivity index (χ4n) is 1.88. The van der Waals surface area contributed by atoms with Gasteiger partial charge in [0.05, 0.1) is 7.11 Å². The number of methoxy groups -OCH3 is 1. The van der Waals surface area contributed by atoms with Gasteiger partial charge in [0, 0.05) is 30.6 Å². The first-order valence-corrected chi connectivity index (χ1v) is 5.90. The zero-order chi connectivity index (χ0) is 13.0. The molecule has 0 amide bonds. The predicted molar refractivity (Wildman–Crippen MR) is 69.2 cm³/mol. The smallest absolute Gasteiger partial charge is 0.131 e. The van der Waals surface area contributed by atoms with Gasteiger partial charge in [-0.25, -0.2) is 4.39 Å². The van der Waals surface area contributed by atoms with Crippen LogP contribution < -0.4 is 10.5 Å². The molecule has 0 atom stereocenters. The van der Waals surface area contributed by atoms with Crippen LogP contribution in [0.2, 0.25) is 0 Å². The van der Waals surface area contributed by atoms with Crippen molar-refractivity contribution in [3.05, 3.63) is 53.6 Å². The molecule has 1 heterocycles. The summed E-state index contributed by atoms with van der Waals surface area (Å²) in [6, 6.07) is 6.92. The van der Waals surface area contributed by atoms with Crippen LogP contribution in [0.15, 0.2) is 36.7 Å². The van der Waals surface area contributed by atoms with Crippen LogP contribution >= 0.6 is 0 Å². The minimum atomic E-state index is -0.247. The molecule has 18 heavy (non-hydrogen) atoms. The van der Waals surface area contributed by atoms with E-state index in [9.17, 15) is 4.39 Å². The van der Waals surface area contributed by atoms with Crippen molar-refractivity contribution in [2.75, 3.05) is 13.7 Å². The Kier molecular flexibility index (Phi) is 3.99. The molecule has 1 aromatic heterocycles. The zero-order valence-electron chi connectivity index (χ0n) is 10.4. The maximum atomic E-state index is 13.8. The number of halogens is 1. The highest BCUT2D eigenvalue weighted by Crippen LogP contribution is 2.17. The first-order valence-electron chi connectivity index (χ1n) is 5.90. The Morgan fingerprint density at radius 1 is 1.33 bits per heavy atom. The highest BCUT2D eigenvalue weighted by molar-refractivity contribution is 5.29. The molecule has 0 saturated heterocycles. The molecule has 0 aliphatic heterocycles. The van der Waals surface area contributed by atoms with Gasteiger partial charge in [0.15, 0.2) is 0 Å². The molecule has 2 N–H and O–H groups in total. The fraction of sp³-hybridized carbons (Fsp3) is 0.286. The number of benzene rings is 1. The van der Waals surface area contributed by atoms with E-state index in [0.717, 1.165) is 6.42 Å². The van der Waals surface area contributed by atoms with Crippen LogP contribution in [0.4, 0.5) is 4.39 Å². The second kappa shape index (κ2) is 5.69. The van der Waals surface area contributed by atoms with Crippen LogP contribution in [0, 0.1) is 5.82 Å². The molecular weight excluding hydrogens is 231 g/mol. The Labute approximate surface area is 106 Å². The Balaban J connectivity index is 2.12. The first-order chi connectivity index (χ1) is 8.72. The zero-order valence-corrected chi connectivity index (χ0v) is 10.4. The van der Waals surface area contributed by atoms with Crippen LogP contribution in [0.25, 0.3) is 0 Å². The monoisotopic (exact) mass is 248 g/mol. The van der Waals surface area contributed by atoms with Crippen LogP contribution in [0.1, 0.15) is 11.1 Å². The van der Waals surface area contributed by atoms with Crippen molar-refractivity contribution in [1.29, 1.82) is 0 Å². The third-order valence-electron chi connectivity index (χ3n) is 2.86. The van der Waals surface area contributed by atoms with Gasteiger partial charge >= 0.3 is 0 Å². The van der Waals surface area contributed by atoms with E-state index >= 15 is 0 Å². The molecule has 0 spiro atoms. The molecule has 2 rings (SSSR count). The van der Waals surface area contributed by atoms with E-state index in [1.807, 2.05) is 23.0 Å². The van der Waals surface area contributed by atoms with Crippen LogP contribution in [0.5, 0.6) is 5.75 Å². The number of ether oxygens (including phenoxy) is 1. The Bertz CT molecular complexity index is 522. The molecule has 96 valence electrons. The van der Waals surface area contributed by atoms with Gasteiger partial charge in [0.25, 0.3) is 0 Å². The molecule has 4 heteroatoms. The highest BCUT2D eigenvalue weighted by Gasteiger charge is 2.05. The van der Waals surface area contributed by atoms with Crippen molar-refractivity contribution in [1.82, 2.24) is 4.57 Å². The summed E-state index contributed by atoms with van der Waals surface area (Å²) < 4.78 is 20.7.